The van der Waals surface area contributed by atoms with Gasteiger partial charge in [0.15, 0.2) is 6.20 Å². The molecule has 1 aromatic heterocycles. The van der Waals surface area contributed by atoms with Crippen LogP contribution in [0.15, 0.2) is 84.8 Å². The van der Waals surface area contributed by atoms with Crippen LogP contribution in [0.3, 0.4) is 0 Å². The molecule has 126 valence electrons. The summed E-state index contributed by atoms with van der Waals surface area (Å²) in [6.45, 7) is 2.20. The average Bonchev–Trinajstić information content (AvgIpc) is 2.85. The second-order valence-corrected chi connectivity index (χ2v) is 6.96. The first kappa shape index (κ1) is 15.2. The van der Waals surface area contributed by atoms with E-state index in [1.54, 1.807) is 0 Å². The molecule has 1 aliphatic carbocycles. The molecule has 3 aromatic rings. The van der Waals surface area contributed by atoms with E-state index < -0.39 is 0 Å². The third-order valence-electron chi connectivity index (χ3n) is 5.37. The summed E-state index contributed by atoms with van der Waals surface area (Å²) >= 11 is 0. The topological polar surface area (TPSA) is 13.1 Å². The number of fused-ring (bicyclic) bond motifs is 4. The Bertz CT molecular complexity index is 1130. The number of aromatic nitrogens is 1. The fraction of sp³-hybridized carbons (Fsp3) is 0.125. The molecule has 0 fully saturated rings. The molecule has 0 radical (unpaired) electrons. The second kappa shape index (κ2) is 5.70. The lowest BCUT2D eigenvalue weighted by molar-refractivity contribution is -0.660. The first-order valence-corrected chi connectivity index (χ1v) is 8.98. The Morgan fingerprint density at radius 2 is 1.88 bits per heavy atom. The summed E-state index contributed by atoms with van der Waals surface area (Å²) in [5.74, 6) is 2.13. The van der Waals surface area contributed by atoms with Crippen molar-refractivity contribution in [3.8, 4) is 17.0 Å². The van der Waals surface area contributed by atoms with Crippen LogP contribution in [0, 0.1) is 6.92 Å². The molecule has 2 bridgehead atoms. The van der Waals surface area contributed by atoms with Crippen molar-refractivity contribution >= 4 is 10.8 Å². The maximum absolute atomic E-state index is 6.33. The highest BCUT2D eigenvalue weighted by Gasteiger charge is 2.30. The Morgan fingerprint density at radius 3 is 2.81 bits per heavy atom. The molecule has 0 saturated heterocycles. The number of allylic oxidation sites excluding steroid dienone is 5. The highest BCUT2D eigenvalue weighted by atomic mass is 16.5. The van der Waals surface area contributed by atoms with Crippen LogP contribution in [0.5, 0.6) is 5.75 Å². The molecular weight excluding hydrogens is 318 g/mol. The van der Waals surface area contributed by atoms with Gasteiger partial charge >= 0.3 is 0 Å². The van der Waals surface area contributed by atoms with Crippen molar-refractivity contribution in [2.75, 3.05) is 0 Å². The number of pyridine rings is 1. The number of hydrogen-bond acceptors (Lipinski definition) is 1. The lowest BCUT2D eigenvalue weighted by Gasteiger charge is -2.22. The SMILES string of the molecule is Cc1c(-c2c3c(cc[n+]2C)C2C=CC=CC(=C2)O3)ccc2ccccc12. The van der Waals surface area contributed by atoms with Crippen LogP contribution < -0.4 is 9.30 Å². The van der Waals surface area contributed by atoms with Crippen molar-refractivity contribution in [3.63, 3.8) is 0 Å². The molecule has 2 aliphatic rings. The maximum atomic E-state index is 6.33. The van der Waals surface area contributed by atoms with Crippen LogP contribution in [0.1, 0.15) is 17.0 Å². The molecule has 0 spiro atoms. The molecule has 2 heterocycles. The van der Waals surface area contributed by atoms with E-state index in [2.05, 4.69) is 85.4 Å². The van der Waals surface area contributed by atoms with Crippen molar-refractivity contribution in [2.45, 2.75) is 12.8 Å². The van der Waals surface area contributed by atoms with Crippen LogP contribution in [-0.2, 0) is 7.05 Å². The van der Waals surface area contributed by atoms with Gasteiger partial charge in [0.1, 0.15) is 12.8 Å². The zero-order chi connectivity index (χ0) is 17.7. The van der Waals surface area contributed by atoms with Gasteiger partial charge in [-0.15, -0.1) is 0 Å². The molecule has 26 heavy (non-hydrogen) atoms. The van der Waals surface area contributed by atoms with Gasteiger partial charge in [0, 0.05) is 17.5 Å². The largest absolute Gasteiger partial charge is 0.450 e. The van der Waals surface area contributed by atoms with Gasteiger partial charge < -0.3 is 4.74 Å². The third kappa shape index (κ3) is 2.22. The van der Waals surface area contributed by atoms with Gasteiger partial charge in [0.2, 0.25) is 5.75 Å². The van der Waals surface area contributed by atoms with Gasteiger partial charge in [0.05, 0.1) is 5.56 Å². The monoisotopic (exact) mass is 338 g/mol. The van der Waals surface area contributed by atoms with E-state index in [0.29, 0.717) is 0 Å². The first-order valence-electron chi connectivity index (χ1n) is 8.98. The quantitative estimate of drug-likeness (QED) is 0.561. The standard InChI is InChI=1S/C24H20NO/c1-16-20-10-6-4-7-17(20)11-12-21(16)23-24-22(13-14-25(23)2)18-8-3-5-9-19(15-18)26-24/h3-15,18H,1-2H3/q+1. The zero-order valence-electron chi connectivity index (χ0n) is 14.9. The van der Waals surface area contributed by atoms with Gasteiger partial charge in [-0.3, -0.25) is 0 Å². The molecule has 2 aromatic carbocycles. The van der Waals surface area contributed by atoms with Gasteiger partial charge in [-0.2, -0.15) is 4.57 Å². The average molecular weight is 338 g/mol. The molecule has 0 N–H and O–H groups in total. The Balaban J connectivity index is 1.79. The van der Waals surface area contributed by atoms with Crippen LogP contribution >= 0.6 is 0 Å². The molecule has 0 amide bonds. The molecule has 1 unspecified atom stereocenters. The van der Waals surface area contributed by atoms with Crippen LogP contribution in [-0.4, -0.2) is 0 Å². The van der Waals surface area contributed by atoms with E-state index in [1.807, 2.05) is 12.2 Å². The highest BCUT2D eigenvalue weighted by molar-refractivity contribution is 5.91. The predicted molar refractivity (Wildman–Crippen MR) is 105 cm³/mol. The summed E-state index contributed by atoms with van der Waals surface area (Å²) in [5, 5.41) is 2.55. The highest BCUT2D eigenvalue weighted by Crippen LogP contribution is 2.42. The fourth-order valence-corrected chi connectivity index (χ4v) is 4.01. The van der Waals surface area contributed by atoms with Gasteiger partial charge in [-0.1, -0.05) is 48.6 Å². The zero-order valence-corrected chi connectivity index (χ0v) is 14.9. The number of hydrogen-bond donors (Lipinski definition) is 0. The number of ether oxygens (including phenoxy) is 1. The van der Waals surface area contributed by atoms with E-state index in [1.165, 1.54) is 27.5 Å². The third-order valence-corrected chi connectivity index (χ3v) is 5.37. The van der Waals surface area contributed by atoms with Crippen molar-refractivity contribution in [2.24, 2.45) is 7.05 Å². The summed E-state index contributed by atoms with van der Waals surface area (Å²) in [6, 6.07) is 15.1. The number of benzene rings is 2. The van der Waals surface area contributed by atoms with Crippen LogP contribution in [0.2, 0.25) is 0 Å². The Hall–Kier alpha value is -3.13. The molecule has 5 rings (SSSR count). The van der Waals surface area contributed by atoms with E-state index >= 15 is 0 Å². The number of nitrogens with zero attached hydrogens (tertiary/aromatic N) is 1. The minimum atomic E-state index is 0.254. The van der Waals surface area contributed by atoms with Gasteiger partial charge in [-0.25, -0.2) is 0 Å². The molecule has 0 saturated carbocycles. The minimum absolute atomic E-state index is 0.254. The first-order chi connectivity index (χ1) is 12.7. The maximum Gasteiger partial charge on any atom is 0.255 e. The second-order valence-electron chi connectivity index (χ2n) is 6.96. The summed E-state index contributed by atoms with van der Waals surface area (Å²) in [7, 11) is 2.09. The van der Waals surface area contributed by atoms with E-state index in [9.17, 15) is 0 Å². The van der Waals surface area contributed by atoms with Crippen molar-refractivity contribution in [1.29, 1.82) is 0 Å². The summed E-state index contributed by atoms with van der Waals surface area (Å²) in [5.41, 5.74) is 4.85. The Kier molecular flexibility index (Phi) is 3.32. The summed E-state index contributed by atoms with van der Waals surface area (Å²) < 4.78 is 8.50. The van der Waals surface area contributed by atoms with Crippen LogP contribution in [0.4, 0.5) is 0 Å². The summed E-state index contributed by atoms with van der Waals surface area (Å²) in [4.78, 5) is 0. The normalized spacial score (nSPS) is 17.5. The minimum Gasteiger partial charge on any atom is -0.450 e. The van der Waals surface area contributed by atoms with Crippen molar-refractivity contribution in [3.05, 3.63) is 95.9 Å². The lowest BCUT2D eigenvalue weighted by atomic mass is 9.91. The van der Waals surface area contributed by atoms with E-state index in [4.69, 9.17) is 4.74 Å². The number of aryl methyl sites for hydroxylation is 2. The van der Waals surface area contributed by atoms with Crippen molar-refractivity contribution < 1.29 is 9.30 Å². The number of rotatable bonds is 1. The van der Waals surface area contributed by atoms with E-state index in [0.717, 1.165) is 17.2 Å². The fourth-order valence-electron chi connectivity index (χ4n) is 4.01. The van der Waals surface area contributed by atoms with Gasteiger partial charge in [-0.05, 0) is 41.5 Å². The predicted octanol–water partition coefficient (Wildman–Crippen LogP) is 5.13. The molecule has 2 heteroatoms. The van der Waals surface area contributed by atoms with E-state index in [-0.39, 0.29) is 5.92 Å². The molecular formula is C24H20NO+. The summed E-state index contributed by atoms with van der Waals surface area (Å²) in [6.07, 6.45) is 12.7. The lowest BCUT2D eigenvalue weighted by Crippen LogP contribution is -2.32. The van der Waals surface area contributed by atoms with Crippen molar-refractivity contribution in [1.82, 2.24) is 0 Å². The molecule has 2 nitrogen and oxygen atoms in total. The Labute approximate surface area is 153 Å². The molecule has 1 atom stereocenters. The van der Waals surface area contributed by atoms with Crippen LogP contribution in [0.25, 0.3) is 22.0 Å². The smallest absolute Gasteiger partial charge is 0.255 e. The Morgan fingerprint density at radius 1 is 1.00 bits per heavy atom. The van der Waals surface area contributed by atoms with Gasteiger partial charge in [0.25, 0.3) is 5.69 Å². The molecule has 1 aliphatic heterocycles.